The number of hydrogen-bond acceptors (Lipinski definition) is 3. The SMILES string of the molecule is C=CC(Cl)(Cl)Oc1cc(Cl)c(OC(N)CC)c(Cl)c1. The fourth-order valence-corrected chi connectivity index (χ4v) is 1.88. The second-order valence-electron chi connectivity index (χ2n) is 3.65. The van der Waals surface area contributed by atoms with E-state index in [2.05, 4.69) is 6.58 Å². The molecule has 0 aliphatic rings. The van der Waals surface area contributed by atoms with Crippen LogP contribution < -0.4 is 15.2 Å². The lowest BCUT2D eigenvalue weighted by Crippen LogP contribution is -2.26. The molecule has 1 atom stereocenters. The van der Waals surface area contributed by atoms with Crippen molar-refractivity contribution in [2.24, 2.45) is 5.73 Å². The highest BCUT2D eigenvalue weighted by Crippen LogP contribution is 2.39. The lowest BCUT2D eigenvalue weighted by molar-refractivity contribution is 0.205. The van der Waals surface area contributed by atoms with Crippen LogP contribution in [-0.2, 0) is 0 Å². The summed E-state index contributed by atoms with van der Waals surface area (Å²) in [6.45, 7) is 5.32. The van der Waals surface area contributed by atoms with Crippen LogP contribution in [0.2, 0.25) is 10.0 Å². The molecule has 0 aliphatic heterocycles. The Labute approximate surface area is 132 Å². The van der Waals surface area contributed by atoms with Gasteiger partial charge in [-0.15, -0.1) is 0 Å². The summed E-state index contributed by atoms with van der Waals surface area (Å²) in [5.74, 6) is 0.579. The summed E-state index contributed by atoms with van der Waals surface area (Å²) in [6, 6.07) is 2.96. The van der Waals surface area contributed by atoms with Crippen LogP contribution in [0.25, 0.3) is 0 Å². The molecule has 1 unspecified atom stereocenters. The van der Waals surface area contributed by atoms with Gasteiger partial charge in [-0.2, -0.15) is 0 Å². The molecule has 2 N–H and O–H groups in total. The van der Waals surface area contributed by atoms with Gasteiger partial charge in [-0.1, -0.05) is 59.9 Å². The van der Waals surface area contributed by atoms with E-state index in [-0.39, 0.29) is 15.8 Å². The Morgan fingerprint density at radius 1 is 1.37 bits per heavy atom. The van der Waals surface area contributed by atoms with Crippen LogP contribution in [0, 0.1) is 0 Å². The minimum Gasteiger partial charge on any atom is -0.472 e. The van der Waals surface area contributed by atoms with Gasteiger partial charge in [0.2, 0.25) is 0 Å². The zero-order valence-corrected chi connectivity index (χ0v) is 13.2. The van der Waals surface area contributed by atoms with E-state index in [0.29, 0.717) is 12.2 Å². The third kappa shape index (κ3) is 4.93. The lowest BCUT2D eigenvalue weighted by atomic mass is 10.3. The normalized spacial score (nSPS) is 12.9. The van der Waals surface area contributed by atoms with Crippen molar-refractivity contribution in [2.45, 2.75) is 24.1 Å². The van der Waals surface area contributed by atoms with E-state index < -0.39 is 10.7 Å². The molecule has 0 radical (unpaired) electrons. The number of hydrogen-bond donors (Lipinski definition) is 1. The minimum absolute atomic E-state index is 0.250. The monoisotopic (exact) mass is 343 g/mol. The van der Waals surface area contributed by atoms with Crippen molar-refractivity contribution in [3.05, 3.63) is 34.8 Å². The average Bonchev–Trinajstić information content (AvgIpc) is 2.33. The molecule has 106 valence electrons. The molecule has 0 heterocycles. The maximum atomic E-state index is 6.05. The summed E-state index contributed by atoms with van der Waals surface area (Å²) in [4.78, 5) is 0. The van der Waals surface area contributed by atoms with Gasteiger partial charge < -0.3 is 9.47 Å². The molecular formula is C12H13Cl4NO2. The molecule has 0 aliphatic carbocycles. The summed E-state index contributed by atoms with van der Waals surface area (Å²) < 4.78 is 9.10. The van der Waals surface area contributed by atoms with Crippen LogP contribution in [0.4, 0.5) is 0 Å². The van der Waals surface area contributed by atoms with E-state index in [1.165, 1.54) is 18.2 Å². The fraction of sp³-hybridized carbons (Fsp3) is 0.333. The highest BCUT2D eigenvalue weighted by atomic mass is 35.5. The summed E-state index contributed by atoms with van der Waals surface area (Å²) in [5, 5.41) is 0.499. The fourth-order valence-electron chi connectivity index (χ4n) is 1.14. The Kier molecular flexibility index (Phi) is 6.09. The van der Waals surface area contributed by atoms with Gasteiger partial charge in [0, 0.05) is 12.1 Å². The molecule has 0 saturated carbocycles. The number of alkyl halides is 2. The topological polar surface area (TPSA) is 44.5 Å². The highest BCUT2D eigenvalue weighted by molar-refractivity contribution is 6.48. The Morgan fingerprint density at radius 3 is 2.32 bits per heavy atom. The largest absolute Gasteiger partial charge is 0.472 e. The standard InChI is InChI=1S/C12H13Cl4NO2/c1-3-10(17)18-11-8(13)5-7(6-9(11)14)19-12(15,16)4-2/h4-6,10H,2-3,17H2,1H3. The second-order valence-corrected chi connectivity index (χ2v) is 5.78. The predicted octanol–water partition coefficient (Wildman–Crippen LogP) is 4.76. The van der Waals surface area contributed by atoms with Crippen LogP contribution >= 0.6 is 46.4 Å². The van der Waals surface area contributed by atoms with Crippen molar-refractivity contribution in [3.8, 4) is 11.5 Å². The Bertz CT molecular complexity index is 442. The lowest BCUT2D eigenvalue weighted by Gasteiger charge is -2.19. The van der Waals surface area contributed by atoms with Gasteiger partial charge in [-0.3, -0.25) is 5.73 Å². The second kappa shape index (κ2) is 6.91. The first-order valence-electron chi connectivity index (χ1n) is 5.40. The van der Waals surface area contributed by atoms with Crippen molar-refractivity contribution >= 4 is 46.4 Å². The van der Waals surface area contributed by atoms with Crippen LogP contribution in [0.15, 0.2) is 24.8 Å². The summed E-state index contributed by atoms with van der Waals surface area (Å²) >= 11 is 23.7. The number of ether oxygens (including phenoxy) is 2. The molecule has 1 aromatic rings. The van der Waals surface area contributed by atoms with Crippen molar-refractivity contribution in [1.82, 2.24) is 0 Å². The molecular weight excluding hydrogens is 332 g/mol. The summed E-state index contributed by atoms with van der Waals surface area (Å²) in [6.07, 6.45) is 1.36. The van der Waals surface area contributed by atoms with Gasteiger partial charge in [-0.05, 0) is 12.5 Å². The molecule has 1 rings (SSSR count). The van der Waals surface area contributed by atoms with Crippen molar-refractivity contribution in [1.29, 1.82) is 0 Å². The third-order valence-electron chi connectivity index (χ3n) is 2.13. The number of rotatable bonds is 6. The van der Waals surface area contributed by atoms with E-state index in [0.717, 1.165) is 0 Å². The smallest absolute Gasteiger partial charge is 0.277 e. The van der Waals surface area contributed by atoms with E-state index in [9.17, 15) is 0 Å². The third-order valence-corrected chi connectivity index (χ3v) is 3.16. The van der Waals surface area contributed by atoms with Crippen molar-refractivity contribution in [3.63, 3.8) is 0 Å². The van der Waals surface area contributed by atoms with Crippen LogP contribution in [0.3, 0.4) is 0 Å². The molecule has 0 spiro atoms. The van der Waals surface area contributed by atoms with Crippen LogP contribution in [0.1, 0.15) is 13.3 Å². The molecule has 1 aromatic carbocycles. The zero-order chi connectivity index (χ0) is 14.6. The van der Waals surface area contributed by atoms with Gasteiger partial charge in [0.05, 0.1) is 10.0 Å². The summed E-state index contributed by atoms with van der Waals surface area (Å²) in [5.41, 5.74) is 5.68. The number of benzene rings is 1. The van der Waals surface area contributed by atoms with Gasteiger partial charge in [-0.25, -0.2) is 0 Å². The van der Waals surface area contributed by atoms with Crippen molar-refractivity contribution in [2.75, 3.05) is 0 Å². The van der Waals surface area contributed by atoms with E-state index >= 15 is 0 Å². The maximum Gasteiger partial charge on any atom is 0.277 e. The maximum absolute atomic E-state index is 6.05. The van der Waals surface area contributed by atoms with Crippen LogP contribution in [0.5, 0.6) is 11.5 Å². The molecule has 19 heavy (non-hydrogen) atoms. The molecule has 7 heteroatoms. The summed E-state index contributed by atoms with van der Waals surface area (Å²) in [7, 11) is 0. The Hall–Kier alpha value is -0.320. The quantitative estimate of drug-likeness (QED) is 0.459. The molecule has 3 nitrogen and oxygen atoms in total. The van der Waals surface area contributed by atoms with Gasteiger partial charge in [0.25, 0.3) is 4.52 Å². The Balaban J connectivity index is 3.00. The van der Waals surface area contributed by atoms with Crippen molar-refractivity contribution < 1.29 is 9.47 Å². The van der Waals surface area contributed by atoms with E-state index in [1.807, 2.05) is 6.92 Å². The average molecular weight is 345 g/mol. The zero-order valence-electron chi connectivity index (χ0n) is 10.1. The van der Waals surface area contributed by atoms with Gasteiger partial charge >= 0.3 is 0 Å². The van der Waals surface area contributed by atoms with E-state index in [4.69, 9.17) is 61.6 Å². The first-order valence-corrected chi connectivity index (χ1v) is 6.92. The predicted molar refractivity (Wildman–Crippen MR) is 80.6 cm³/mol. The molecule has 0 saturated heterocycles. The first-order chi connectivity index (χ1) is 8.79. The number of nitrogens with two attached hydrogens (primary N) is 1. The van der Waals surface area contributed by atoms with E-state index in [1.54, 1.807) is 0 Å². The van der Waals surface area contributed by atoms with Crippen LogP contribution in [-0.4, -0.2) is 10.7 Å². The highest BCUT2D eigenvalue weighted by Gasteiger charge is 2.23. The molecule has 0 amide bonds. The minimum atomic E-state index is -1.56. The Morgan fingerprint density at radius 2 is 1.89 bits per heavy atom. The molecule has 0 fully saturated rings. The number of halogens is 4. The molecule has 0 aromatic heterocycles. The van der Waals surface area contributed by atoms with Gasteiger partial charge in [0.1, 0.15) is 12.0 Å². The van der Waals surface area contributed by atoms with Gasteiger partial charge in [0.15, 0.2) is 5.75 Å². The first kappa shape index (κ1) is 16.7. The molecule has 0 bridgehead atoms.